The van der Waals surface area contributed by atoms with Gasteiger partial charge < -0.3 is 9.84 Å². The van der Waals surface area contributed by atoms with Crippen LogP contribution < -0.4 is 5.32 Å². The van der Waals surface area contributed by atoms with E-state index in [9.17, 15) is 0 Å². The van der Waals surface area contributed by atoms with E-state index in [0.717, 1.165) is 34.4 Å². The average molecular weight is 307 g/mol. The van der Waals surface area contributed by atoms with Gasteiger partial charge in [-0.05, 0) is 37.1 Å². The van der Waals surface area contributed by atoms with E-state index in [1.807, 2.05) is 18.3 Å². The standard InChI is InChI=1S/C14H15BrN2O/c15-12-5-1-3-10(7-12)13-9-17-18-14(13)11-4-2-6-16-8-11/h1,3,5,7,9,11,16H,2,4,6,8H2. The molecule has 1 aliphatic rings. The van der Waals surface area contributed by atoms with E-state index in [-0.39, 0.29) is 0 Å². The molecule has 2 heterocycles. The van der Waals surface area contributed by atoms with Crippen molar-refractivity contribution in [3.8, 4) is 11.1 Å². The first-order valence-electron chi connectivity index (χ1n) is 6.26. The summed E-state index contributed by atoms with van der Waals surface area (Å²) in [6.45, 7) is 2.09. The molecule has 3 nitrogen and oxygen atoms in total. The van der Waals surface area contributed by atoms with Gasteiger partial charge in [0.15, 0.2) is 0 Å². The summed E-state index contributed by atoms with van der Waals surface area (Å²) in [4.78, 5) is 0. The van der Waals surface area contributed by atoms with Crippen LogP contribution in [0.4, 0.5) is 0 Å². The van der Waals surface area contributed by atoms with Gasteiger partial charge in [-0.15, -0.1) is 0 Å². The minimum absolute atomic E-state index is 0.440. The van der Waals surface area contributed by atoms with E-state index in [1.54, 1.807) is 0 Å². The minimum atomic E-state index is 0.440. The summed E-state index contributed by atoms with van der Waals surface area (Å²) in [6, 6.07) is 8.26. The maximum atomic E-state index is 5.49. The van der Waals surface area contributed by atoms with Crippen LogP contribution in [0.25, 0.3) is 11.1 Å². The van der Waals surface area contributed by atoms with Gasteiger partial charge in [-0.1, -0.05) is 33.2 Å². The second-order valence-corrected chi connectivity index (χ2v) is 5.57. The topological polar surface area (TPSA) is 38.1 Å². The van der Waals surface area contributed by atoms with Gasteiger partial charge in [0.2, 0.25) is 0 Å². The Labute approximate surface area is 115 Å². The van der Waals surface area contributed by atoms with Crippen molar-refractivity contribution < 1.29 is 4.52 Å². The van der Waals surface area contributed by atoms with E-state index in [1.165, 1.54) is 12.8 Å². The zero-order valence-corrected chi connectivity index (χ0v) is 11.6. The molecule has 0 bridgehead atoms. The summed E-state index contributed by atoms with van der Waals surface area (Å²) in [5.74, 6) is 1.45. The third-order valence-corrected chi connectivity index (χ3v) is 3.89. The lowest BCUT2D eigenvalue weighted by atomic mass is 9.92. The Morgan fingerprint density at radius 1 is 1.39 bits per heavy atom. The third-order valence-electron chi connectivity index (χ3n) is 3.40. The molecule has 1 aliphatic heterocycles. The third kappa shape index (κ3) is 2.35. The Morgan fingerprint density at radius 3 is 3.11 bits per heavy atom. The summed E-state index contributed by atoms with van der Waals surface area (Å²) < 4.78 is 6.57. The molecule has 18 heavy (non-hydrogen) atoms. The fraction of sp³-hybridized carbons (Fsp3) is 0.357. The highest BCUT2D eigenvalue weighted by atomic mass is 79.9. The zero-order valence-electron chi connectivity index (χ0n) is 10.0. The summed E-state index contributed by atoms with van der Waals surface area (Å²) in [5.41, 5.74) is 2.27. The Bertz CT molecular complexity index is 532. The molecule has 1 unspecified atom stereocenters. The lowest BCUT2D eigenvalue weighted by molar-refractivity contribution is 0.330. The molecule has 0 radical (unpaired) electrons. The van der Waals surface area contributed by atoms with Crippen molar-refractivity contribution in [3.63, 3.8) is 0 Å². The van der Waals surface area contributed by atoms with Crippen LogP contribution >= 0.6 is 15.9 Å². The van der Waals surface area contributed by atoms with Crippen LogP contribution in [0.1, 0.15) is 24.5 Å². The summed E-state index contributed by atoms with van der Waals surface area (Å²) >= 11 is 3.50. The first-order chi connectivity index (χ1) is 8.84. The molecular weight excluding hydrogens is 292 g/mol. The number of nitrogens with zero attached hydrogens (tertiary/aromatic N) is 1. The molecule has 1 aromatic carbocycles. The van der Waals surface area contributed by atoms with Gasteiger partial charge in [-0.25, -0.2) is 0 Å². The van der Waals surface area contributed by atoms with E-state index in [0.29, 0.717) is 5.92 Å². The average Bonchev–Trinajstić information content (AvgIpc) is 2.89. The molecule has 1 atom stereocenters. The quantitative estimate of drug-likeness (QED) is 0.921. The molecule has 0 aliphatic carbocycles. The Morgan fingerprint density at radius 2 is 2.33 bits per heavy atom. The Hall–Kier alpha value is -1.13. The van der Waals surface area contributed by atoms with Gasteiger partial charge >= 0.3 is 0 Å². The van der Waals surface area contributed by atoms with Crippen LogP contribution in [0.15, 0.2) is 39.5 Å². The number of halogens is 1. The summed E-state index contributed by atoms with van der Waals surface area (Å²) in [6.07, 6.45) is 4.19. The molecule has 1 fully saturated rings. The lowest BCUT2D eigenvalue weighted by Gasteiger charge is -2.21. The molecule has 1 aromatic heterocycles. The van der Waals surface area contributed by atoms with Gasteiger partial charge in [-0.3, -0.25) is 0 Å². The van der Waals surface area contributed by atoms with Crippen molar-refractivity contribution in [2.75, 3.05) is 13.1 Å². The van der Waals surface area contributed by atoms with Gasteiger partial charge in [0.05, 0.1) is 6.20 Å². The molecule has 3 rings (SSSR count). The van der Waals surface area contributed by atoms with Crippen LogP contribution in [0.5, 0.6) is 0 Å². The van der Waals surface area contributed by atoms with Crippen molar-refractivity contribution >= 4 is 15.9 Å². The molecule has 94 valence electrons. The number of benzene rings is 1. The van der Waals surface area contributed by atoms with Gasteiger partial charge in [0, 0.05) is 22.5 Å². The maximum Gasteiger partial charge on any atom is 0.148 e. The van der Waals surface area contributed by atoms with E-state index >= 15 is 0 Å². The number of piperidine rings is 1. The number of nitrogens with one attached hydrogen (secondary N) is 1. The fourth-order valence-electron chi connectivity index (χ4n) is 2.49. The number of rotatable bonds is 2. The van der Waals surface area contributed by atoms with Crippen LogP contribution in [0, 0.1) is 0 Å². The zero-order chi connectivity index (χ0) is 12.4. The molecular formula is C14H15BrN2O. The van der Waals surface area contributed by atoms with E-state index in [4.69, 9.17) is 4.52 Å². The van der Waals surface area contributed by atoms with Crippen molar-refractivity contribution in [1.82, 2.24) is 10.5 Å². The summed E-state index contributed by atoms with van der Waals surface area (Å²) in [7, 11) is 0. The monoisotopic (exact) mass is 306 g/mol. The molecule has 1 saturated heterocycles. The number of hydrogen-bond donors (Lipinski definition) is 1. The molecule has 4 heteroatoms. The molecule has 1 N–H and O–H groups in total. The van der Waals surface area contributed by atoms with Crippen molar-refractivity contribution in [2.45, 2.75) is 18.8 Å². The lowest BCUT2D eigenvalue weighted by Crippen LogP contribution is -2.28. The Balaban J connectivity index is 1.95. The largest absolute Gasteiger partial charge is 0.360 e. The van der Waals surface area contributed by atoms with Crippen LogP contribution in [-0.2, 0) is 0 Å². The van der Waals surface area contributed by atoms with Gasteiger partial charge in [0.25, 0.3) is 0 Å². The van der Waals surface area contributed by atoms with Crippen molar-refractivity contribution in [1.29, 1.82) is 0 Å². The predicted octanol–water partition coefficient (Wildman–Crippen LogP) is 3.57. The highest BCUT2D eigenvalue weighted by Crippen LogP contribution is 2.33. The highest BCUT2D eigenvalue weighted by Gasteiger charge is 2.23. The fourth-order valence-corrected chi connectivity index (χ4v) is 2.89. The minimum Gasteiger partial charge on any atom is -0.360 e. The maximum absolute atomic E-state index is 5.49. The molecule has 0 spiro atoms. The van der Waals surface area contributed by atoms with Crippen LogP contribution in [0.2, 0.25) is 0 Å². The van der Waals surface area contributed by atoms with Gasteiger partial charge in [-0.2, -0.15) is 0 Å². The SMILES string of the molecule is Brc1cccc(-c2cnoc2C2CCCNC2)c1. The molecule has 0 amide bonds. The normalized spacial score (nSPS) is 19.9. The van der Waals surface area contributed by atoms with Crippen LogP contribution in [0.3, 0.4) is 0 Å². The van der Waals surface area contributed by atoms with Crippen molar-refractivity contribution in [2.24, 2.45) is 0 Å². The van der Waals surface area contributed by atoms with Crippen molar-refractivity contribution in [3.05, 3.63) is 40.7 Å². The number of hydrogen-bond acceptors (Lipinski definition) is 3. The molecule has 2 aromatic rings. The van der Waals surface area contributed by atoms with Gasteiger partial charge in [0.1, 0.15) is 5.76 Å². The highest BCUT2D eigenvalue weighted by molar-refractivity contribution is 9.10. The second kappa shape index (κ2) is 5.24. The van der Waals surface area contributed by atoms with E-state index in [2.05, 4.69) is 38.5 Å². The smallest absolute Gasteiger partial charge is 0.148 e. The Kier molecular flexibility index (Phi) is 3.48. The first-order valence-corrected chi connectivity index (χ1v) is 7.05. The van der Waals surface area contributed by atoms with E-state index < -0.39 is 0 Å². The predicted molar refractivity (Wildman–Crippen MR) is 74.5 cm³/mol. The summed E-state index contributed by atoms with van der Waals surface area (Å²) in [5, 5.41) is 7.40. The first kappa shape index (κ1) is 11.9. The number of aromatic nitrogens is 1. The second-order valence-electron chi connectivity index (χ2n) is 4.66. The van der Waals surface area contributed by atoms with Crippen LogP contribution in [-0.4, -0.2) is 18.2 Å². The molecule has 0 saturated carbocycles.